The van der Waals surface area contributed by atoms with E-state index in [9.17, 15) is 14.4 Å². The van der Waals surface area contributed by atoms with Crippen LogP contribution in [0, 0.1) is 13.8 Å². The first-order chi connectivity index (χ1) is 32.7. The minimum absolute atomic E-state index is 0.0432. The Morgan fingerprint density at radius 1 is 0.588 bits per heavy atom. The molecule has 0 bridgehead atoms. The molecule has 2 fully saturated rings. The van der Waals surface area contributed by atoms with E-state index >= 15 is 0 Å². The Kier molecular flexibility index (Phi) is 23.5. The third-order valence-electron chi connectivity index (χ3n) is 11.8. The molecule has 0 atom stereocenters. The molecule has 68 heavy (non-hydrogen) atoms. The molecule has 0 unspecified atom stereocenters. The second-order valence-electron chi connectivity index (χ2n) is 18.7. The number of piperidine rings is 2. The van der Waals surface area contributed by atoms with Gasteiger partial charge in [0.25, 0.3) is 6.47 Å². The molecule has 0 radical (unpaired) electrons. The fraction of sp³-hybridized carbons (Fsp3) is 0.481. The van der Waals surface area contributed by atoms with Gasteiger partial charge in [-0.1, -0.05) is 83.9 Å². The molecule has 2 heterocycles. The van der Waals surface area contributed by atoms with Crippen LogP contribution in [0.25, 0.3) is 0 Å². The normalized spacial score (nSPS) is 14.0. The SMILES string of the molecule is Cc1ccc(CCCNC(=O)N2CCC(Nc3ccc(CCN)cc3)CC2)cc1.Cc1ccc(CCCNC(=O)N2CCC(Nc3ccc(CCNC(=O)OC(C)(C)C)cc3)CC2)cc1.O=CO. The third-order valence-corrected chi connectivity index (χ3v) is 11.8. The van der Waals surface area contributed by atoms with Crippen molar-refractivity contribution in [2.75, 3.05) is 63.0 Å². The van der Waals surface area contributed by atoms with Gasteiger partial charge in [0.1, 0.15) is 5.60 Å². The number of benzene rings is 4. The molecule has 2 aliphatic rings. The molecule has 2 aliphatic heterocycles. The van der Waals surface area contributed by atoms with Gasteiger partial charge in [-0.25, -0.2) is 14.4 Å². The number of nitrogens with two attached hydrogens (primary N) is 1. The van der Waals surface area contributed by atoms with E-state index in [4.69, 9.17) is 20.4 Å². The quantitative estimate of drug-likeness (QED) is 0.0401. The Labute approximate surface area is 405 Å². The van der Waals surface area contributed by atoms with Gasteiger partial charge in [0.05, 0.1) is 0 Å². The van der Waals surface area contributed by atoms with Crippen molar-refractivity contribution in [1.29, 1.82) is 0 Å². The minimum atomic E-state index is -0.487. The fourth-order valence-electron chi connectivity index (χ4n) is 7.96. The first-order valence-corrected chi connectivity index (χ1v) is 24.4. The summed E-state index contributed by atoms with van der Waals surface area (Å²) in [6.45, 7) is 15.3. The summed E-state index contributed by atoms with van der Waals surface area (Å²) in [5.41, 5.74) is 15.0. The molecule has 4 aromatic carbocycles. The summed E-state index contributed by atoms with van der Waals surface area (Å²) >= 11 is 0. The zero-order valence-electron chi connectivity index (χ0n) is 41.2. The van der Waals surface area contributed by atoms with E-state index in [1.807, 2.05) is 30.6 Å². The van der Waals surface area contributed by atoms with Gasteiger partial charge >= 0.3 is 18.2 Å². The highest BCUT2D eigenvalue weighted by Gasteiger charge is 2.24. The van der Waals surface area contributed by atoms with Crippen molar-refractivity contribution in [2.24, 2.45) is 5.73 Å². The van der Waals surface area contributed by atoms with Crippen molar-refractivity contribution in [2.45, 2.75) is 117 Å². The van der Waals surface area contributed by atoms with Gasteiger partial charge in [-0.05, 0) is 152 Å². The van der Waals surface area contributed by atoms with E-state index in [0.717, 1.165) is 114 Å². The number of hydrogen-bond donors (Lipinski definition) is 7. The van der Waals surface area contributed by atoms with Gasteiger partial charge < -0.3 is 52.0 Å². The van der Waals surface area contributed by atoms with Crippen molar-refractivity contribution in [3.05, 3.63) is 130 Å². The molecule has 6 rings (SSSR count). The number of amides is 5. The standard InChI is InChI=1S/C29H42N4O3.C24H34N4O.CH2O2/c1-22-7-9-23(10-8-22)6-5-18-30-27(34)33-20-16-26(17-21-33)32-25-13-11-24(12-14-25)15-19-31-28(35)36-29(2,3)4;1-19-4-6-20(7-5-19)3-2-16-26-24(29)28-17-13-23(14-18-28)27-22-10-8-21(9-11-22)12-15-25;2-1-3/h7-14,26,32H,5-6,15-21H2,1-4H3,(H,30,34)(H,31,35);4-11,23,27H,2-3,12-18,25H2,1H3,(H,26,29);1H,(H,2,3). The van der Waals surface area contributed by atoms with Crippen LogP contribution < -0.4 is 32.3 Å². The lowest BCUT2D eigenvalue weighted by Crippen LogP contribution is -2.47. The topological polar surface area (TPSA) is 190 Å². The number of carbonyl (C=O) groups excluding carboxylic acids is 3. The molecular formula is C54H78N8O6. The van der Waals surface area contributed by atoms with Crippen LogP contribution in [-0.2, 0) is 35.2 Å². The number of nitrogens with one attached hydrogen (secondary N) is 5. The Morgan fingerprint density at radius 2 is 0.941 bits per heavy atom. The lowest BCUT2D eigenvalue weighted by atomic mass is 10.0. The van der Waals surface area contributed by atoms with Crippen LogP contribution in [0.3, 0.4) is 0 Å². The molecule has 0 spiro atoms. The van der Waals surface area contributed by atoms with E-state index in [1.54, 1.807) is 0 Å². The van der Waals surface area contributed by atoms with Crippen LogP contribution in [0.5, 0.6) is 0 Å². The highest BCUT2D eigenvalue weighted by atomic mass is 16.6. The number of carbonyl (C=O) groups is 4. The Balaban J connectivity index is 0.000000286. The number of rotatable bonds is 17. The van der Waals surface area contributed by atoms with Gasteiger partial charge in [-0.3, -0.25) is 4.79 Å². The van der Waals surface area contributed by atoms with Gasteiger partial charge in [-0.15, -0.1) is 0 Å². The molecule has 8 N–H and O–H groups in total. The second-order valence-corrected chi connectivity index (χ2v) is 18.7. The van der Waals surface area contributed by atoms with Gasteiger partial charge in [0.2, 0.25) is 0 Å². The Bertz CT molecular complexity index is 2060. The van der Waals surface area contributed by atoms with Crippen LogP contribution in [0.1, 0.15) is 92.7 Å². The molecule has 0 saturated carbocycles. The average molecular weight is 935 g/mol. The van der Waals surface area contributed by atoms with Crippen LogP contribution in [0.2, 0.25) is 0 Å². The largest absolute Gasteiger partial charge is 0.483 e. The number of likely N-dealkylation sites (tertiary alicyclic amines) is 2. The number of ether oxygens (including phenoxy) is 1. The van der Waals surface area contributed by atoms with Gasteiger partial charge in [0.15, 0.2) is 0 Å². The van der Waals surface area contributed by atoms with E-state index in [1.165, 1.54) is 27.8 Å². The molecule has 2 saturated heterocycles. The summed E-state index contributed by atoms with van der Waals surface area (Å²) in [7, 11) is 0. The molecule has 4 aromatic rings. The van der Waals surface area contributed by atoms with Crippen molar-refractivity contribution in [3.63, 3.8) is 0 Å². The summed E-state index contributed by atoms with van der Waals surface area (Å²) in [5, 5.41) is 23.0. The summed E-state index contributed by atoms with van der Waals surface area (Å²) in [6, 6.07) is 34.9. The average Bonchev–Trinajstić information content (AvgIpc) is 3.32. The Hall–Kier alpha value is -6.28. The summed E-state index contributed by atoms with van der Waals surface area (Å²) in [5.74, 6) is 0. The van der Waals surface area contributed by atoms with Crippen LogP contribution >= 0.6 is 0 Å². The smallest absolute Gasteiger partial charge is 0.407 e. The lowest BCUT2D eigenvalue weighted by Gasteiger charge is -2.33. The monoisotopic (exact) mass is 935 g/mol. The minimum Gasteiger partial charge on any atom is -0.483 e. The number of carboxylic acid groups (broad SMARTS) is 1. The number of anilines is 2. The maximum absolute atomic E-state index is 12.5. The van der Waals surface area contributed by atoms with Crippen LogP contribution in [0.15, 0.2) is 97.1 Å². The molecule has 14 heteroatoms. The van der Waals surface area contributed by atoms with Gasteiger partial charge in [0, 0.05) is 69.3 Å². The van der Waals surface area contributed by atoms with E-state index in [-0.39, 0.29) is 24.6 Å². The number of alkyl carbamates (subject to hydrolysis) is 1. The maximum Gasteiger partial charge on any atom is 0.407 e. The zero-order valence-corrected chi connectivity index (χ0v) is 41.2. The van der Waals surface area contributed by atoms with Crippen LogP contribution in [-0.4, -0.2) is 110 Å². The molecule has 0 aliphatic carbocycles. The zero-order chi connectivity index (χ0) is 49.2. The molecule has 5 amide bonds. The predicted molar refractivity (Wildman–Crippen MR) is 275 cm³/mol. The van der Waals surface area contributed by atoms with Crippen molar-refractivity contribution < 1.29 is 29.0 Å². The van der Waals surface area contributed by atoms with Crippen molar-refractivity contribution in [3.8, 4) is 0 Å². The molecule has 14 nitrogen and oxygen atoms in total. The summed E-state index contributed by atoms with van der Waals surface area (Å²) in [6.07, 6.45) is 8.97. The van der Waals surface area contributed by atoms with Gasteiger partial charge in [-0.2, -0.15) is 0 Å². The second kappa shape index (κ2) is 29.5. The molecule has 370 valence electrons. The number of nitrogens with zero attached hydrogens (tertiary/aromatic N) is 2. The first-order valence-electron chi connectivity index (χ1n) is 24.4. The maximum atomic E-state index is 12.5. The molecule has 0 aromatic heterocycles. The summed E-state index contributed by atoms with van der Waals surface area (Å²) < 4.78 is 5.26. The van der Waals surface area contributed by atoms with Crippen LogP contribution in [0.4, 0.5) is 25.8 Å². The van der Waals surface area contributed by atoms with Crippen molar-refractivity contribution >= 4 is 36.0 Å². The number of hydrogen-bond acceptors (Lipinski definition) is 8. The number of aryl methyl sites for hydroxylation is 4. The molecular weight excluding hydrogens is 857 g/mol. The summed E-state index contributed by atoms with van der Waals surface area (Å²) in [4.78, 5) is 48.9. The predicted octanol–water partition coefficient (Wildman–Crippen LogP) is 8.70. The third kappa shape index (κ3) is 21.6. The van der Waals surface area contributed by atoms with Crippen molar-refractivity contribution in [1.82, 2.24) is 25.8 Å². The Morgan fingerprint density at radius 3 is 1.31 bits per heavy atom. The van der Waals surface area contributed by atoms with E-state index in [0.29, 0.717) is 31.7 Å². The first kappa shape index (κ1) is 54.3. The lowest BCUT2D eigenvalue weighted by molar-refractivity contribution is -0.122. The fourth-order valence-corrected chi connectivity index (χ4v) is 7.96. The highest BCUT2D eigenvalue weighted by molar-refractivity contribution is 5.74. The van der Waals surface area contributed by atoms with E-state index in [2.05, 4.69) is 137 Å². The highest BCUT2D eigenvalue weighted by Crippen LogP contribution is 2.20. The number of urea groups is 2. The van der Waals surface area contributed by atoms with E-state index < -0.39 is 5.60 Å².